The van der Waals surface area contributed by atoms with Gasteiger partial charge in [-0.25, -0.2) is 18.4 Å². The lowest BCUT2D eigenvalue weighted by atomic mass is 10.0. The molecule has 1 heterocycles. The molecular weight excluding hydrogens is 499 g/mol. The van der Waals surface area contributed by atoms with Gasteiger partial charge in [0.2, 0.25) is 0 Å². The first-order chi connectivity index (χ1) is 16.6. The van der Waals surface area contributed by atoms with E-state index in [1.54, 1.807) is 32.0 Å². The average molecular weight is 524 g/mol. The molecule has 0 saturated carbocycles. The number of carbonyl (C=O) groups is 2. The van der Waals surface area contributed by atoms with Gasteiger partial charge >= 0.3 is 12.1 Å². The number of ether oxygens (including phenoxy) is 1. The molecule has 1 aromatic heterocycles. The van der Waals surface area contributed by atoms with Crippen molar-refractivity contribution in [2.45, 2.75) is 57.7 Å². The van der Waals surface area contributed by atoms with Crippen LogP contribution in [-0.2, 0) is 24.3 Å². The quantitative estimate of drug-likeness (QED) is 0.358. The monoisotopic (exact) mass is 523 g/mol. The van der Waals surface area contributed by atoms with E-state index in [1.807, 2.05) is 6.92 Å². The van der Waals surface area contributed by atoms with Crippen molar-refractivity contribution in [3.8, 4) is 0 Å². The molecule has 0 fully saturated rings. The first kappa shape index (κ1) is 27.1. The van der Waals surface area contributed by atoms with Crippen molar-refractivity contribution in [1.29, 1.82) is 0 Å². The van der Waals surface area contributed by atoms with Gasteiger partial charge in [0.25, 0.3) is 15.8 Å². The molecule has 1 unspecified atom stereocenters. The van der Waals surface area contributed by atoms with Crippen LogP contribution in [0.5, 0.6) is 0 Å². The van der Waals surface area contributed by atoms with Crippen LogP contribution in [0.1, 0.15) is 42.3 Å². The molecule has 0 aliphatic heterocycles. The normalized spacial score (nSPS) is 13.0. The Morgan fingerprint density at radius 1 is 1.00 bits per heavy atom. The number of halogens is 3. The van der Waals surface area contributed by atoms with Crippen LogP contribution >= 0.6 is 0 Å². The molecule has 0 radical (unpaired) electrons. The van der Waals surface area contributed by atoms with Gasteiger partial charge in [0.1, 0.15) is 0 Å². The lowest BCUT2D eigenvalue weighted by molar-refractivity contribution is -0.178. The number of ketones is 1. The molecule has 3 aromatic rings. The molecule has 0 aliphatic carbocycles. The Balaban J connectivity index is 2.22. The fraction of sp³-hybridized carbons (Fsp3) is 0.333. The summed E-state index contributed by atoms with van der Waals surface area (Å²) in [6, 6.07) is 9.26. The number of hydrogen-bond acceptors (Lipinski definition) is 7. The number of benzene rings is 2. The number of para-hydroxylation sites is 1. The van der Waals surface area contributed by atoms with E-state index < -0.39 is 45.8 Å². The summed E-state index contributed by atoms with van der Waals surface area (Å²) in [6.07, 6.45) is -6.22. The van der Waals surface area contributed by atoms with Crippen molar-refractivity contribution >= 4 is 38.5 Å². The maximum absolute atomic E-state index is 13.4. The van der Waals surface area contributed by atoms with Gasteiger partial charge in [0.05, 0.1) is 16.5 Å². The number of carbonyl (C=O) groups excluding carboxylic acids is 2. The molecule has 0 amide bonds. The van der Waals surface area contributed by atoms with E-state index >= 15 is 0 Å². The summed E-state index contributed by atoms with van der Waals surface area (Å²) in [7, 11) is -4.28. The predicted molar refractivity (Wildman–Crippen MR) is 126 cm³/mol. The van der Waals surface area contributed by atoms with Gasteiger partial charge in [-0.05, 0) is 57.9 Å². The van der Waals surface area contributed by atoms with E-state index in [1.165, 1.54) is 32.0 Å². The van der Waals surface area contributed by atoms with Crippen LogP contribution in [0, 0.1) is 20.8 Å². The molecule has 0 saturated heterocycles. The number of rotatable bonds is 7. The maximum atomic E-state index is 13.4. The second-order valence-electron chi connectivity index (χ2n) is 8.56. The Kier molecular flexibility index (Phi) is 7.40. The highest BCUT2D eigenvalue weighted by Crippen LogP contribution is 2.32. The second-order valence-corrected chi connectivity index (χ2v) is 10.2. The van der Waals surface area contributed by atoms with E-state index in [4.69, 9.17) is 4.74 Å². The van der Waals surface area contributed by atoms with Crippen molar-refractivity contribution < 1.29 is 35.9 Å². The predicted octanol–water partition coefficient (Wildman–Crippen LogP) is 4.52. The van der Waals surface area contributed by atoms with Crippen LogP contribution in [0.25, 0.3) is 10.9 Å². The molecule has 36 heavy (non-hydrogen) atoms. The smallest absolute Gasteiger partial charge is 0.451 e. The number of nitrogens with one attached hydrogen (secondary N) is 1. The minimum atomic E-state index is -5.40. The van der Waals surface area contributed by atoms with Crippen LogP contribution < -0.4 is 4.72 Å². The summed E-state index contributed by atoms with van der Waals surface area (Å²) in [5.74, 6) is -7.68. The van der Waals surface area contributed by atoms with Gasteiger partial charge < -0.3 is 4.74 Å². The number of nitrogens with zero attached hydrogens (tertiary/aromatic N) is 2. The van der Waals surface area contributed by atoms with Crippen molar-refractivity contribution in [2.75, 3.05) is 4.72 Å². The van der Waals surface area contributed by atoms with Crippen molar-refractivity contribution in [3.05, 3.63) is 58.9 Å². The topological polar surface area (TPSA) is 115 Å². The first-order valence-corrected chi connectivity index (χ1v) is 12.3. The maximum Gasteiger partial charge on any atom is 0.451 e. The van der Waals surface area contributed by atoms with Gasteiger partial charge in [-0.1, -0.05) is 29.8 Å². The lowest BCUT2D eigenvalue weighted by Gasteiger charge is -2.19. The minimum absolute atomic E-state index is 0.0230. The van der Waals surface area contributed by atoms with Crippen LogP contribution in [0.3, 0.4) is 0 Å². The Morgan fingerprint density at radius 2 is 1.58 bits per heavy atom. The van der Waals surface area contributed by atoms with Crippen molar-refractivity contribution in [2.24, 2.45) is 0 Å². The number of esters is 1. The summed E-state index contributed by atoms with van der Waals surface area (Å²) in [4.78, 5) is 32.7. The molecule has 2 aromatic carbocycles. The molecule has 12 heteroatoms. The molecule has 8 nitrogen and oxygen atoms in total. The molecule has 3 rings (SSSR count). The van der Waals surface area contributed by atoms with Gasteiger partial charge in [0.15, 0.2) is 17.6 Å². The largest absolute Gasteiger partial charge is 0.462 e. The number of anilines is 1. The zero-order valence-electron chi connectivity index (χ0n) is 20.1. The summed E-state index contributed by atoms with van der Waals surface area (Å²) in [5, 5.41) is 0.155. The molecule has 0 aliphatic rings. The van der Waals surface area contributed by atoms with Gasteiger partial charge in [-0.2, -0.15) is 13.2 Å². The van der Waals surface area contributed by atoms with Crippen LogP contribution in [0.15, 0.2) is 41.3 Å². The summed E-state index contributed by atoms with van der Waals surface area (Å²) >= 11 is 0. The number of aromatic nitrogens is 2. The summed E-state index contributed by atoms with van der Waals surface area (Å²) in [5.41, 5.74) is 1.76. The second kappa shape index (κ2) is 9.84. The molecular formula is C24H24F3N3O5S. The Labute approximate surface area is 206 Å². The van der Waals surface area contributed by atoms with Gasteiger partial charge in [-0.15, -0.1) is 0 Å². The summed E-state index contributed by atoms with van der Waals surface area (Å²) < 4.78 is 74.0. The number of hydrogen-bond donors (Lipinski definition) is 1. The zero-order valence-corrected chi connectivity index (χ0v) is 20.9. The van der Waals surface area contributed by atoms with Crippen LogP contribution in [0.4, 0.5) is 19.0 Å². The van der Waals surface area contributed by atoms with Gasteiger partial charge in [0, 0.05) is 5.39 Å². The standard InChI is InChI=1S/C24H24F3N3O5S/c1-12(2)35-23(32)18(20(31)24(25,26)27)22-28-17-9-7-6-8-16(17)21(29-22)30-36(33,34)19-14(4)10-13(3)11-15(19)5/h6-12,18H,1-5H3,(H,28,29,30). The minimum Gasteiger partial charge on any atom is -0.462 e. The fourth-order valence-electron chi connectivity index (χ4n) is 3.86. The molecule has 1 N–H and O–H groups in total. The summed E-state index contributed by atoms with van der Waals surface area (Å²) in [6.45, 7) is 7.83. The number of aryl methyl sites for hydroxylation is 3. The van der Waals surface area contributed by atoms with E-state index in [0.29, 0.717) is 11.1 Å². The molecule has 0 bridgehead atoms. The molecule has 192 valence electrons. The van der Waals surface area contributed by atoms with Crippen molar-refractivity contribution in [1.82, 2.24) is 9.97 Å². The van der Waals surface area contributed by atoms with Crippen LogP contribution in [-0.4, -0.2) is 42.4 Å². The first-order valence-electron chi connectivity index (χ1n) is 10.8. The SMILES string of the molecule is Cc1cc(C)c(S(=O)(=O)Nc2nc(C(C(=O)OC(C)C)C(=O)C(F)(F)F)nc3ccccc23)c(C)c1. The number of alkyl halides is 3. The van der Waals surface area contributed by atoms with E-state index in [-0.39, 0.29) is 21.6 Å². The number of fused-ring (bicyclic) bond motifs is 1. The van der Waals surface area contributed by atoms with E-state index in [9.17, 15) is 31.2 Å². The Hall–Kier alpha value is -3.54. The highest BCUT2D eigenvalue weighted by Gasteiger charge is 2.49. The highest BCUT2D eigenvalue weighted by atomic mass is 32.2. The average Bonchev–Trinajstić information content (AvgIpc) is 2.71. The number of sulfonamides is 1. The third-order valence-electron chi connectivity index (χ3n) is 5.11. The van der Waals surface area contributed by atoms with Crippen LogP contribution in [0.2, 0.25) is 0 Å². The van der Waals surface area contributed by atoms with E-state index in [2.05, 4.69) is 14.7 Å². The highest BCUT2D eigenvalue weighted by molar-refractivity contribution is 7.92. The Bertz CT molecular complexity index is 1430. The zero-order chi connectivity index (χ0) is 27.0. The lowest BCUT2D eigenvalue weighted by Crippen LogP contribution is -2.36. The third-order valence-corrected chi connectivity index (χ3v) is 6.76. The molecule has 1 atom stereocenters. The number of Topliss-reactive ketones (excluding diaryl/α,β-unsaturated/α-hetero) is 1. The Morgan fingerprint density at radius 3 is 2.14 bits per heavy atom. The van der Waals surface area contributed by atoms with Gasteiger partial charge in [-0.3, -0.25) is 14.3 Å². The fourth-order valence-corrected chi connectivity index (χ4v) is 5.34. The van der Waals surface area contributed by atoms with Crippen molar-refractivity contribution in [3.63, 3.8) is 0 Å². The third kappa shape index (κ3) is 5.64. The van der Waals surface area contributed by atoms with E-state index in [0.717, 1.165) is 5.56 Å². The molecule has 0 spiro atoms.